The molecule has 1 aromatic heterocycles. The highest BCUT2D eigenvalue weighted by Gasteiger charge is 2.50. The van der Waals surface area contributed by atoms with Crippen LogP contribution in [0, 0.1) is 11.3 Å². The molecule has 0 unspecified atom stereocenters. The molecule has 2 aliphatic rings. The average Bonchev–Trinajstić information content (AvgIpc) is 3.07. The highest BCUT2D eigenvalue weighted by molar-refractivity contribution is 5.95. The zero-order chi connectivity index (χ0) is 19.1. The molecule has 1 saturated carbocycles. The number of hydrogen-bond acceptors (Lipinski definition) is 5. The van der Waals surface area contributed by atoms with E-state index < -0.39 is 0 Å². The fourth-order valence-electron chi connectivity index (χ4n) is 3.59. The van der Waals surface area contributed by atoms with Crippen molar-refractivity contribution in [1.82, 2.24) is 15.1 Å². The highest BCUT2D eigenvalue weighted by atomic mass is 16.3. The second kappa shape index (κ2) is 6.79. The number of nitrogens with one attached hydrogen (secondary N) is 1. The zero-order valence-corrected chi connectivity index (χ0v) is 15.9. The largest absolute Gasteiger partial charge is 0.394 e. The van der Waals surface area contributed by atoms with Gasteiger partial charge in [0.25, 0.3) is 5.91 Å². The van der Waals surface area contributed by atoms with Crippen molar-refractivity contribution < 1.29 is 9.90 Å². The van der Waals surface area contributed by atoms with Crippen molar-refractivity contribution in [2.45, 2.75) is 52.5 Å². The van der Waals surface area contributed by atoms with Crippen molar-refractivity contribution in [1.29, 1.82) is 0 Å². The minimum Gasteiger partial charge on any atom is -0.394 e. The summed E-state index contributed by atoms with van der Waals surface area (Å²) in [6.07, 6.45) is 5.22. The fraction of sp³-hybridized carbons (Fsp3) is 0.579. The number of carbonyl (C=O) groups excluding carboxylic acids is 1. The van der Waals surface area contributed by atoms with Gasteiger partial charge in [0.1, 0.15) is 0 Å². The molecule has 1 amide bonds. The SMILES string of the molecule is C=N/C=C(\N=CC)n1nc(C(=O)N[C@H](CO)C(C)(C)C)c2c1[C@@H]1C[C@@H]1C2. The van der Waals surface area contributed by atoms with Gasteiger partial charge in [-0.3, -0.25) is 9.79 Å². The Balaban J connectivity index is 1.98. The van der Waals surface area contributed by atoms with Crippen molar-refractivity contribution in [2.24, 2.45) is 21.3 Å². The number of aliphatic hydroxyl groups is 1. The lowest BCUT2D eigenvalue weighted by molar-refractivity contribution is 0.0841. The van der Waals surface area contributed by atoms with E-state index in [1.807, 2.05) is 27.7 Å². The molecule has 1 aromatic rings. The van der Waals surface area contributed by atoms with Gasteiger partial charge in [0.2, 0.25) is 0 Å². The van der Waals surface area contributed by atoms with Gasteiger partial charge < -0.3 is 10.4 Å². The standard InChI is InChI=1S/C19H27N5O2/c1-6-21-15(9-20-5)24-17-12-7-11(12)8-13(17)16(23-24)18(26)22-14(10-25)19(2,3)4/h6,9,11-12,14,25H,5,7-8,10H2,1-4H3,(H,22,26)/b15-9+,21-6?/t11-,12-,14-/m1/s1. The molecule has 0 saturated heterocycles. The maximum absolute atomic E-state index is 12.9. The second-order valence-electron chi connectivity index (χ2n) is 8.06. The topological polar surface area (TPSA) is 91.9 Å². The highest BCUT2D eigenvalue weighted by Crippen LogP contribution is 2.57. The van der Waals surface area contributed by atoms with Gasteiger partial charge in [0, 0.05) is 17.7 Å². The number of hydrogen-bond donors (Lipinski definition) is 2. The van der Waals surface area contributed by atoms with E-state index in [1.54, 1.807) is 17.1 Å². The monoisotopic (exact) mass is 357 g/mol. The first-order chi connectivity index (χ1) is 12.3. The van der Waals surface area contributed by atoms with Crippen molar-refractivity contribution in [3.05, 3.63) is 23.2 Å². The predicted octanol–water partition coefficient (Wildman–Crippen LogP) is 2.23. The minimum atomic E-state index is -0.342. The second-order valence-corrected chi connectivity index (χ2v) is 8.06. The van der Waals surface area contributed by atoms with Crippen LogP contribution in [0.5, 0.6) is 0 Å². The van der Waals surface area contributed by atoms with E-state index in [1.165, 1.54) is 0 Å². The van der Waals surface area contributed by atoms with Crippen molar-refractivity contribution in [3.63, 3.8) is 0 Å². The molecule has 2 N–H and O–H groups in total. The average molecular weight is 357 g/mol. The first-order valence-corrected chi connectivity index (χ1v) is 9.00. The van der Waals surface area contributed by atoms with Crippen molar-refractivity contribution >= 4 is 24.7 Å². The van der Waals surface area contributed by atoms with Crippen LogP contribution in [-0.2, 0) is 6.42 Å². The molecular formula is C19H27N5O2. The maximum atomic E-state index is 12.9. The Morgan fingerprint density at radius 2 is 2.27 bits per heavy atom. The lowest BCUT2D eigenvalue weighted by atomic mass is 9.87. The first kappa shape index (κ1) is 18.5. The summed E-state index contributed by atoms with van der Waals surface area (Å²) < 4.78 is 1.74. The van der Waals surface area contributed by atoms with Crippen LogP contribution >= 0.6 is 0 Å². The van der Waals surface area contributed by atoms with Crippen LogP contribution in [0.3, 0.4) is 0 Å². The Morgan fingerprint density at radius 3 is 2.85 bits per heavy atom. The minimum absolute atomic E-state index is 0.116. The lowest BCUT2D eigenvalue weighted by Crippen LogP contribution is -2.46. The number of aliphatic imine (C=N–C) groups is 2. The molecule has 0 spiro atoms. The Morgan fingerprint density at radius 1 is 1.54 bits per heavy atom. The van der Waals surface area contributed by atoms with E-state index in [0.29, 0.717) is 23.4 Å². The van der Waals surface area contributed by atoms with Gasteiger partial charge in [0.15, 0.2) is 11.5 Å². The molecule has 3 rings (SSSR count). The van der Waals surface area contributed by atoms with Gasteiger partial charge >= 0.3 is 0 Å². The maximum Gasteiger partial charge on any atom is 0.272 e. The summed E-state index contributed by atoms with van der Waals surface area (Å²) in [5.41, 5.74) is 2.24. The summed E-state index contributed by atoms with van der Waals surface area (Å²) in [4.78, 5) is 21.1. The van der Waals surface area contributed by atoms with Gasteiger partial charge in [0.05, 0.1) is 24.5 Å². The van der Waals surface area contributed by atoms with Crippen LogP contribution in [0.1, 0.15) is 61.8 Å². The van der Waals surface area contributed by atoms with E-state index >= 15 is 0 Å². The Bertz CT molecular complexity index is 785. The first-order valence-electron chi connectivity index (χ1n) is 9.00. The van der Waals surface area contributed by atoms with Crippen LogP contribution < -0.4 is 5.32 Å². The van der Waals surface area contributed by atoms with Crippen LogP contribution in [0.2, 0.25) is 0 Å². The third-order valence-electron chi connectivity index (χ3n) is 5.20. The zero-order valence-electron chi connectivity index (χ0n) is 15.9. The smallest absolute Gasteiger partial charge is 0.272 e. The number of nitrogens with zero attached hydrogens (tertiary/aromatic N) is 4. The van der Waals surface area contributed by atoms with Crippen LogP contribution in [0.15, 0.2) is 16.2 Å². The van der Waals surface area contributed by atoms with Gasteiger partial charge in [-0.15, -0.1) is 0 Å². The molecule has 140 valence electrons. The molecule has 3 atom stereocenters. The third-order valence-corrected chi connectivity index (χ3v) is 5.20. The number of rotatable bonds is 6. The molecule has 2 aliphatic carbocycles. The lowest BCUT2D eigenvalue weighted by Gasteiger charge is -2.29. The Hall–Kier alpha value is -2.28. The van der Waals surface area contributed by atoms with Gasteiger partial charge in [-0.05, 0) is 37.8 Å². The van der Waals surface area contributed by atoms with Crippen molar-refractivity contribution in [3.8, 4) is 0 Å². The third kappa shape index (κ3) is 3.23. The molecule has 0 radical (unpaired) electrons. The molecule has 1 heterocycles. The number of fused-ring (bicyclic) bond motifs is 3. The molecule has 0 aromatic carbocycles. The van der Waals surface area contributed by atoms with Gasteiger partial charge in [-0.1, -0.05) is 20.8 Å². The molecule has 1 fully saturated rings. The molecule has 7 heteroatoms. The summed E-state index contributed by atoms with van der Waals surface area (Å²) >= 11 is 0. The molecule has 0 bridgehead atoms. The Labute approximate surface area is 153 Å². The van der Waals surface area contributed by atoms with E-state index in [9.17, 15) is 9.90 Å². The summed E-state index contributed by atoms with van der Waals surface area (Å²) in [7, 11) is 0. The van der Waals surface area contributed by atoms with Crippen LogP contribution in [0.4, 0.5) is 0 Å². The molecule has 0 aliphatic heterocycles. The normalized spacial score (nSPS) is 22.9. The van der Waals surface area contributed by atoms with Crippen LogP contribution in [0.25, 0.3) is 5.82 Å². The molecule has 26 heavy (non-hydrogen) atoms. The summed E-state index contributed by atoms with van der Waals surface area (Å²) in [6.45, 7) is 11.2. The van der Waals surface area contributed by atoms with Gasteiger partial charge in [-0.25, -0.2) is 9.67 Å². The molecular weight excluding hydrogens is 330 g/mol. The van der Waals surface area contributed by atoms with E-state index in [0.717, 1.165) is 24.1 Å². The van der Waals surface area contributed by atoms with E-state index in [2.05, 4.69) is 27.1 Å². The summed E-state index contributed by atoms with van der Waals surface area (Å²) in [6, 6.07) is -0.342. The number of aliphatic hydroxyl groups excluding tert-OH is 1. The van der Waals surface area contributed by atoms with Gasteiger partial charge in [-0.2, -0.15) is 5.10 Å². The number of amides is 1. The summed E-state index contributed by atoms with van der Waals surface area (Å²) in [5.74, 6) is 1.35. The number of carbonyl (C=O) groups is 1. The predicted molar refractivity (Wildman–Crippen MR) is 103 cm³/mol. The van der Waals surface area contributed by atoms with E-state index in [-0.39, 0.29) is 24.0 Å². The van der Waals surface area contributed by atoms with Crippen LogP contribution in [-0.4, -0.2) is 46.4 Å². The quantitative estimate of drug-likeness (QED) is 0.765. The Kier molecular flexibility index (Phi) is 4.84. The van der Waals surface area contributed by atoms with Crippen molar-refractivity contribution in [2.75, 3.05) is 6.61 Å². The van der Waals surface area contributed by atoms with E-state index in [4.69, 9.17) is 0 Å². The molecule has 7 nitrogen and oxygen atoms in total. The summed E-state index contributed by atoms with van der Waals surface area (Å²) in [5, 5.41) is 17.2. The fourth-order valence-corrected chi connectivity index (χ4v) is 3.59. The number of aromatic nitrogens is 2.